The lowest BCUT2D eigenvalue weighted by Gasteiger charge is -2.02. The molecule has 76 valence electrons. The van der Waals surface area contributed by atoms with E-state index in [9.17, 15) is 9.59 Å². The largest absolute Gasteiger partial charge is 0.462 e. The third kappa shape index (κ3) is 2.24. The van der Waals surface area contributed by atoms with Gasteiger partial charge in [-0.2, -0.15) is 0 Å². The summed E-state index contributed by atoms with van der Waals surface area (Å²) in [7, 11) is 0. The van der Waals surface area contributed by atoms with Gasteiger partial charge in [0.1, 0.15) is 10.6 Å². The number of carbonyl (C=O) groups is 2. The monoisotopic (exact) mass is 233 g/mol. The molecule has 1 heterocycles. The van der Waals surface area contributed by atoms with Gasteiger partial charge in [-0.25, -0.2) is 4.79 Å². The normalized spacial score (nSPS) is 9.57. The minimum atomic E-state index is -0.525. The zero-order valence-corrected chi connectivity index (χ0v) is 8.95. The molecular formula is C8H8ClNO3S. The van der Waals surface area contributed by atoms with Crippen molar-refractivity contribution < 1.29 is 14.3 Å². The van der Waals surface area contributed by atoms with E-state index in [-0.39, 0.29) is 17.2 Å². The number of amides is 1. The molecule has 14 heavy (non-hydrogen) atoms. The Kier molecular flexibility index (Phi) is 3.91. The summed E-state index contributed by atoms with van der Waals surface area (Å²) in [5, 5.41) is 4.65. The molecule has 1 aromatic heterocycles. The highest BCUT2D eigenvalue weighted by Gasteiger charge is 2.18. The Morgan fingerprint density at radius 2 is 2.50 bits per heavy atom. The Morgan fingerprint density at radius 1 is 1.79 bits per heavy atom. The van der Waals surface area contributed by atoms with Crippen molar-refractivity contribution in [1.29, 1.82) is 0 Å². The SMILES string of the molecule is CCOC(=O)c1c(Cl)csc1NC=O. The molecule has 0 atom stereocenters. The molecule has 1 aromatic rings. The number of ether oxygens (including phenoxy) is 1. The highest BCUT2D eigenvalue weighted by Crippen LogP contribution is 2.32. The molecule has 0 saturated carbocycles. The summed E-state index contributed by atoms with van der Waals surface area (Å²) in [4.78, 5) is 21.6. The molecule has 0 unspecified atom stereocenters. The minimum Gasteiger partial charge on any atom is -0.462 e. The third-order valence-electron chi connectivity index (χ3n) is 1.42. The van der Waals surface area contributed by atoms with E-state index in [1.807, 2.05) is 0 Å². The van der Waals surface area contributed by atoms with Crippen molar-refractivity contribution in [3.05, 3.63) is 16.0 Å². The second-order valence-corrected chi connectivity index (χ2v) is 3.56. The van der Waals surface area contributed by atoms with Crippen LogP contribution in [-0.2, 0) is 9.53 Å². The van der Waals surface area contributed by atoms with Gasteiger partial charge in [-0.3, -0.25) is 4.79 Å². The summed E-state index contributed by atoms with van der Waals surface area (Å²) in [6.07, 6.45) is 0.491. The molecule has 1 rings (SSSR count). The minimum absolute atomic E-state index is 0.214. The van der Waals surface area contributed by atoms with Crippen LogP contribution in [0.4, 0.5) is 5.00 Å². The van der Waals surface area contributed by atoms with Crippen LogP contribution in [0.3, 0.4) is 0 Å². The topological polar surface area (TPSA) is 55.4 Å². The van der Waals surface area contributed by atoms with Gasteiger partial charge < -0.3 is 10.1 Å². The van der Waals surface area contributed by atoms with E-state index in [0.29, 0.717) is 11.4 Å². The van der Waals surface area contributed by atoms with E-state index >= 15 is 0 Å². The standard InChI is InChI=1S/C8H8ClNO3S/c1-2-13-8(12)6-5(9)3-14-7(6)10-4-11/h3-4H,2H2,1H3,(H,10,11). The molecule has 0 aliphatic carbocycles. The molecular weight excluding hydrogens is 226 g/mol. The van der Waals surface area contributed by atoms with Crippen molar-refractivity contribution in [2.24, 2.45) is 0 Å². The van der Waals surface area contributed by atoms with Crippen molar-refractivity contribution in [2.75, 3.05) is 11.9 Å². The summed E-state index contributed by atoms with van der Waals surface area (Å²) in [5.41, 5.74) is 0.214. The number of thiophene rings is 1. The Morgan fingerprint density at radius 3 is 3.07 bits per heavy atom. The fourth-order valence-electron chi connectivity index (χ4n) is 0.890. The zero-order chi connectivity index (χ0) is 10.6. The van der Waals surface area contributed by atoms with Crippen LogP contribution in [0, 0.1) is 0 Å². The van der Waals surface area contributed by atoms with E-state index in [2.05, 4.69) is 5.32 Å². The third-order valence-corrected chi connectivity index (χ3v) is 2.75. The van der Waals surface area contributed by atoms with E-state index in [0.717, 1.165) is 0 Å². The average Bonchev–Trinajstić information content (AvgIpc) is 2.48. The summed E-state index contributed by atoms with van der Waals surface area (Å²) >= 11 is 6.94. The maximum Gasteiger partial charge on any atom is 0.342 e. The number of esters is 1. The fraction of sp³-hybridized carbons (Fsp3) is 0.250. The zero-order valence-electron chi connectivity index (χ0n) is 7.37. The second-order valence-electron chi connectivity index (χ2n) is 2.27. The van der Waals surface area contributed by atoms with Crippen molar-refractivity contribution >= 4 is 40.3 Å². The van der Waals surface area contributed by atoms with Gasteiger partial charge in [-0.1, -0.05) is 11.6 Å². The lowest BCUT2D eigenvalue weighted by Crippen LogP contribution is -2.07. The van der Waals surface area contributed by atoms with Gasteiger partial charge in [0.2, 0.25) is 6.41 Å². The molecule has 6 heteroatoms. The molecule has 0 radical (unpaired) electrons. The van der Waals surface area contributed by atoms with Crippen molar-refractivity contribution in [1.82, 2.24) is 0 Å². The van der Waals surface area contributed by atoms with E-state index in [1.165, 1.54) is 11.3 Å². The molecule has 0 bridgehead atoms. The Bertz CT molecular complexity index is 350. The van der Waals surface area contributed by atoms with Crippen LogP contribution in [0.25, 0.3) is 0 Å². The predicted octanol–water partition coefficient (Wildman–Crippen LogP) is 2.15. The number of anilines is 1. The van der Waals surface area contributed by atoms with Crippen molar-refractivity contribution in [3.63, 3.8) is 0 Å². The Labute approximate surface area is 89.8 Å². The van der Waals surface area contributed by atoms with Crippen LogP contribution < -0.4 is 5.32 Å². The van der Waals surface area contributed by atoms with E-state index < -0.39 is 5.97 Å². The molecule has 1 amide bonds. The maximum absolute atomic E-state index is 11.4. The highest BCUT2D eigenvalue weighted by atomic mass is 35.5. The summed E-state index contributed by atoms with van der Waals surface area (Å²) < 4.78 is 4.78. The van der Waals surface area contributed by atoms with Crippen LogP contribution in [0.1, 0.15) is 17.3 Å². The first-order valence-electron chi connectivity index (χ1n) is 3.85. The maximum atomic E-state index is 11.4. The van der Waals surface area contributed by atoms with Gasteiger partial charge in [0.15, 0.2) is 0 Å². The van der Waals surface area contributed by atoms with Gasteiger partial charge in [-0.05, 0) is 6.92 Å². The van der Waals surface area contributed by atoms with Crippen LogP contribution in [0.2, 0.25) is 5.02 Å². The smallest absolute Gasteiger partial charge is 0.342 e. The van der Waals surface area contributed by atoms with Crippen LogP contribution in [0.15, 0.2) is 5.38 Å². The number of nitrogens with one attached hydrogen (secondary N) is 1. The molecule has 0 aliphatic rings. The molecule has 0 spiro atoms. The first-order chi connectivity index (χ1) is 6.70. The van der Waals surface area contributed by atoms with Crippen LogP contribution >= 0.6 is 22.9 Å². The molecule has 0 aliphatic heterocycles. The van der Waals surface area contributed by atoms with Crippen LogP contribution in [0.5, 0.6) is 0 Å². The fourth-order valence-corrected chi connectivity index (χ4v) is 2.02. The predicted molar refractivity (Wildman–Crippen MR) is 55.0 cm³/mol. The summed E-state index contributed by atoms with van der Waals surface area (Å²) in [5.74, 6) is -0.525. The quantitative estimate of drug-likeness (QED) is 0.640. The summed E-state index contributed by atoms with van der Waals surface area (Å²) in [6.45, 7) is 1.97. The lowest BCUT2D eigenvalue weighted by molar-refractivity contribution is -0.105. The van der Waals surface area contributed by atoms with Gasteiger partial charge in [0, 0.05) is 5.38 Å². The second kappa shape index (κ2) is 4.97. The number of rotatable bonds is 4. The molecule has 4 nitrogen and oxygen atoms in total. The van der Waals surface area contributed by atoms with Gasteiger partial charge in [0.25, 0.3) is 0 Å². The summed E-state index contributed by atoms with van der Waals surface area (Å²) in [6, 6.07) is 0. The van der Waals surface area contributed by atoms with Crippen LogP contribution in [-0.4, -0.2) is 19.0 Å². The van der Waals surface area contributed by atoms with Crippen molar-refractivity contribution in [3.8, 4) is 0 Å². The average molecular weight is 234 g/mol. The molecule has 0 fully saturated rings. The lowest BCUT2D eigenvalue weighted by atomic mass is 10.3. The van der Waals surface area contributed by atoms with Gasteiger partial charge in [-0.15, -0.1) is 11.3 Å². The molecule has 0 aromatic carbocycles. The number of hydrogen-bond acceptors (Lipinski definition) is 4. The Balaban J connectivity index is 2.97. The van der Waals surface area contributed by atoms with Gasteiger partial charge >= 0.3 is 5.97 Å². The first kappa shape index (κ1) is 11.0. The van der Waals surface area contributed by atoms with Crippen molar-refractivity contribution in [2.45, 2.75) is 6.92 Å². The van der Waals surface area contributed by atoms with E-state index in [4.69, 9.17) is 16.3 Å². The number of halogens is 1. The van der Waals surface area contributed by atoms with E-state index in [1.54, 1.807) is 12.3 Å². The number of carbonyl (C=O) groups excluding carboxylic acids is 2. The number of hydrogen-bond donors (Lipinski definition) is 1. The molecule has 1 N–H and O–H groups in total. The van der Waals surface area contributed by atoms with Gasteiger partial charge in [0.05, 0.1) is 11.6 Å². The first-order valence-corrected chi connectivity index (χ1v) is 5.10. The molecule has 0 saturated heterocycles. The Hall–Kier alpha value is -1.07. The highest BCUT2D eigenvalue weighted by molar-refractivity contribution is 7.15.